The topological polar surface area (TPSA) is 52.3 Å². The zero-order chi connectivity index (χ0) is 16.1. The van der Waals surface area contributed by atoms with Crippen LogP contribution >= 0.6 is 0 Å². The summed E-state index contributed by atoms with van der Waals surface area (Å²) in [6, 6.07) is 9.64. The number of esters is 1. The van der Waals surface area contributed by atoms with E-state index in [9.17, 15) is 13.6 Å². The molecule has 0 aliphatic rings. The molecule has 0 amide bonds. The molecule has 0 saturated heterocycles. The van der Waals surface area contributed by atoms with Crippen molar-refractivity contribution in [3.05, 3.63) is 59.7 Å². The number of carbonyl (C=O) groups is 1. The summed E-state index contributed by atoms with van der Waals surface area (Å²) in [7, 11) is 0. The van der Waals surface area contributed by atoms with Gasteiger partial charge in [0.25, 0.3) is 0 Å². The fourth-order valence-corrected chi connectivity index (χ4v) is 2.18. The first-order valence-electron chi connectivity index (χ1n) is 6.98. The largest absolute Gasteiger partial charge is 0.465 e. The zero-order valence-electron chi connectivity index (χ0n) is 12.2. The third kappa shape index (κ3) is 3.89. The van der Waals surface area contributed by atoms with Gasteiger partial charge < -0.3 is 10.5 Å². The molecule has 1 atom stereocenters. The number of ether oxygens (including phenoxy) is 1. The quantitative estimate of drug-likeness (QED) is 0.864. The van der Waals surface area contributed by atoms with Crippen molar-refractivity contribution < 1.29 is 18.3 Å². The molecule has 5 heteroatoms. The molecule has 2 aromatic carbocycles. The van der Waals surface area contributed by atoms with Gasteiger partial charge >= 0.3 is 5.97 Å². The number of halogens is 2. The summed E-state index contributed by atoms with van der Waals surface area (Å²) in [6.07, 6.45) is 0.287. The van der Waals surface area contributed by atoms with E-state index in [2.05, 4.69) is 0 Å². The van der Waals surface area contributed by atoms with Crippen molar-refractivity contribution in [2.75, 3.05) is 6.61 Å². The van der Waals surface area contributed by atoms with Crippen LogP contribution in [0.15, 0.2) is 42.5 Å². The van der Waals surface area contributed by atoms with Crippen LogP contribution < -0.4 is 5.73 Å². The lowest BCUT2D eigenvalue weighted by Gasteiger charge is -2.12. The average molecular weight is 305 g/mol. The van der Waals surface area contributed by atoms with Crippen LogP contribution in [0.4, 0.5) is 8.78 Å². The maximum Gasteiger partial charge on any atom is 0.323 e. The van der Waals surface area contributed by atoms with Gasteiger partial charge in [-0.2, -0.15) is 0 Å². The number of hydrogen-bond donors (Lipinski definition) is 1. The Morgan fingerprint density at radius 1 is 1.23 bits per heavy atom. The van der Waals surface area contributed by atoms with Crippen molar-refractivity contribution in [2.45, 2.75) is 19.4 Å². The molecule has 0 spiro atoms. The highest BCUT2D eigenvalue weighted by Crippen LogP contribution is 2.24. The fraction of sp³-hybridized carbons (Fsp3) is 0.235. The second-order valence-electron chi connectivity index (χ2n) is 4.89. The highest BCUT2D eigenvalue weighted by Gasteiger charge is 2.15. The van der Waals surface area contributed by atoms with E-state index in [1.54, 1.807) is 31.2 Å². The van der Waals surface area contributed by atoms with Crippen LogP contribution in [0.1, 0.15) is 12.5 Å². The first-order valence-corrected chi connectivity index (χ1v) is 6.98. The van der Waals surface area contributed by atoms with Crippen LogP contribution in [0, 0.1) is 11.6 Å². The van der Waals surface area contributed by atoms with Gasteiger partial charge in [0.15, 0.2) is 0 Å². The van der Waals surface area contributed by atoms with E-state index in [1.807, 2.05) is 0 Å². The van der Waals surface area contributed by atoms with Gasteiger partial charge in [-0.3, -0.25) is 4.79 Å². The van der Waals surface area contributed by atoms with Crippen molar-refractivity contribution in [3.63, 3.8) is 0 Å². The predicted molar refractivity (Wildman–Crippen MR) is 80.1 cm³/mol. The number of rotatable bonds is 5. The summed E-state index contributed by atoms with van der Waals surface area (Å²) in [4.78, 5) is 11.5. The second kappa shape index (κ2) is 7.13. The number of carbonyl (C=O) groups excluding carboxylic acids is 1. The molecule has 0 fully saturated rings. The highest BCUT2D eigenvalue weighted by molar-refractivity contribution is 5.76. The summed E-state index contributed by atoms with van der Waals surface area (Å²) >= 11 is 0. The van der Waals surface area contributed by atoms with Crippen LogP contribution in [0.5, 0.6) is 0 Å². The second-order valence-corrected chi connectivity index (χ2v) is 4.89. The molecule has 22 heavy (non-hydrogen) atoms. The maximum atomic E-state index is 13.8. The Morgan fingerprint density at radius 3 is 2.68 bits per heavy atom. The lowest BCUT2D eigenvalue weighted by molar-refractivity contribution is -0.144. The molecule has 0 aliphatic carbocycles. The van der Waals surface area contributed by atoms with E-state index in [-0.39, 0.29) is 13.0 Å². The first kappa shape index (κ1) is 16.1. The van der Waals surface area contributed by atoms with E-state index < -0.39 is 23.6 Å². The normalized spacial score (nSPS) is 12.0. The van der Waals surface area contributed by atoms with Crippen LogP contribution in [0.2, 0.25) is 0 Å². The Balaban J connectivity index is 2.21. The van der Waals surface area contributed by atoms with Gasteiger partial charge in [-0.25, -0.2) is 8.78 Å². The van der Waals surface area contributed by atoms with Gasteiger partial charge in [0.1, 0.15) is 17.7 Å². The summed E-state index contributed by atoms with van der Waals surface area (Å²) < 4.78 is 31.6. The summed E-state index contributed by atoms with van der Waals surface area (Å²) in [6.45, 7) is 1.98. The standard InChI is InChI=1S/C17H17F2NO2/c1-2-22-17(21)16(20)9-11-4-3-5-12(8-11)14-7-6-13(18)10-15(14)19/h3-8,10,16H,2,9,20H2,1H3. The Labute approximate surface area is 127 Å². The van der Waals surface area contributed by atoms with Crippen molar-refractivity contribution in [1.29, 1.82) is 0 Å². The molecular formula is C17H17F2NO2. The number of hydrogen-bond acceptors (Lipinski definition) is 3. The van der Waals surface area contributed by atoms with Gasteiger partial charge in [-0.1, -0.05) is 24.3 Å². The summed E-state index contributed by atoms with van der Waals surface area (Å²) in [5.74, 6) is -1.73. The van der Waals surface area contributed by atoms with Crippen LogP contribution in [0.25, 0.3) is 11.1 Å². The molecular weight excluding hydrogens is 288 g/mol. The minimum atomic E-state index is -0.770. The van der Waals surface area contributed by atoms with Gasteiger partial charge in [-0.05, 0) is 36.6 Å². The van der Waals surface area contributed by atoms with Crippen molar-refractivity contribution in [2.24, 2.45) is 5.73 Å². The molecule has 2 rings (SSSR count). The summed E-state index contributed by atoms with van der Waals surface area (Å²) in [5, 5.41) is 0. The van der Waals surface area contributed by atoms with Gasteiger partial charge in [0.05, 0.1) is 6.61 Å². The smallest absolute Gasteiger partial charge is 0.323 e. The molecule has 116 valence electrons. The monoisotopic (exact) mass is 305 g/mol. The fourth-order valence-electron chi connectivity index (χ4n) is 2.18. The molecule has 2 N–H and O–H groups in total. The van der Waals surface area contributed by atoms with Crippen molar-refractivity contribution in [3.8, 4) is 11.1 Å². The Morgan fingerprint density at radius 2 is 2.00 bits per heavy atom. The van der Waals surface area contributed by atoms with Crippen LogP contribution in [-0.4, -0.2) is 18.6 Å². The Hall–Kier alpha value is -2.27. The molecule has 0 saturated carbocycles. The van der Waals surface area contributed by atoms with E-state index in [1.165, 1.54) is 12.1 Å². The van der Waals surface area contributed by atoms with E-state index in [0.29, 0.717) is 11.1 Å². The number of nitrogens with two attached hydrogens (primary N) is 1. The van der Waals surface area contributed by atoms with E-state index in [4.69, 9.17) is 10.5 Å². The van der Waals surface area contributed by atoms with Crippen LogP contribution in [-0.2, 0) is 16.0 Å². The third-order valence-corrected chi connectivity index (χ3v) is 3.21. The zero-order valence-corrected chi connectivity index (χ0v) is 12.2. The minimum Gasteiger partial charge on any atom is -0.465 e. The average Bonchev–Trinajstić information content (AvgIpc) is 2.47. The molecule has 0 heterocycles. The van der Waals surface area contributed by atoms with Crippen molar-refractivity contribution >= 4 is 5.97 Å². The minimum absolute atomic E-state index is 0.271. The van der Waals surface area contributed by atoms with Crippen LogP contribution in [0.3, 0.4) is 0 Å². The lowest BCUT2D eigenvalue weighted by Crippen LogP contribution is -2.34. The highest BCUT2D eigenvalue weighted by atomic mass is 19.1. The lowest BCUT2D eigenvalue weighted by atomic mass is 9.99. The molecule has 3 nitrogen and oxygen atoms in total. The van der Waals surface area contributed by atoms with Crippen molar-refractivity contribution in [1.82, 2.24) is 0 Å². The molecule has 1 unspecified atom stereocenters. The molecule has 0 radical (unpaired) electrons. The number of benzene rings is 2. The first-order chi connectivity index (χ1) is 10.5. The predicted octanol–water partition coefficient (Wildman–Crippen LogP) is 3.06. The van der Waals surface area contributed by atoms with Gasteiger partial charge in [0, 0.05) is 11.6 Å². The third-order valence-electron chi connectivity index (χ3n) is 3.21. The maximum absolute atomic E-state index is 13.8. The Bertz CT molecular complexity index is 673. The molecule has 2 aromatic rings. The SMILES string of the molecule is CCOC(=O)C(N)Cc1cccc(-c2ccc(F)cc2F)c1. The Kier molecular flexibility index (Phi) is 5.22. The summed E-state index contributed by atoms with van der Waals surface area (Å²) in [5.41, 5.74) is 7.46. The molecule has 0 aliphatic heterocycles. The van der Waals surface area contributed by atoms with Gasteiger partial charge in [-0.15, -0.1) is 0 Å². The van der Waals surface area contributed by atoms with E-state index in [0.717, 1.165) is 11.6 Å². The molecule has 0 aromatic heterocycles. The molecule has 0 bridgehead atoms. The van der Waals surface area contributed by atoms with E-state index >= 15 is 0 Å². The van der Waals surface area contributed by atoms with Gasteiger partial charge in [0.2, 0.25) is 0 Å².